The maximum atomic E-state index is 13.4. The average Bonchev–Trinajstić information content (AvgIpc) is 2.80. The number of nitrogens with one attached hydrogen (secondary N) is 1. The number of benzene rings is 3. The largest absolute Gasteiger partial charge is 0.454 e. The molecule has 1 atom stereocenters. The van der Waals surface area contributed by atoms with Gasteiger partial charge in [-0.15, -0.1) is 0 Å². The van der Waals surface area contributed by atoms with Crippen LogP contribution < -0.4 is 5.32 Å². The number of amides is 1. The predicted octanol–water partition coefficient (Wildman–Crippen LogP) is 3.91. The van der Waals surface area contributed by atoms with Crippen molar-refractivity contribution in [2.75, 3.05) is 13.6 Å². The molecule has 178 valence electrons. The Morgan fingerprint density at radius 3 is 2.21 bits per heavy atom. The fourth-order valence-corrected chi connectivity index (χ4v) is 3.67. The van der Waals surface area contributed by atoms with Gasteiger partial charge in [-0.1, -0.05) is 72.8 Å². The number of carbonyl (C=O) groups is 3. The highest BCUT2D eigenvalue weighted by atomic mass is 16.6. The average molecular weight is 461 g/mol. The molecule has 1 N–H and O–H groups in total. The number of ketones is 1. The highest BCUT2D eigenvalue weighted by Crippen LogP contribution is 2.17. The summed E-state index contributed by atoms with van der Waals surface area (Å²) >= 11 is 0. The summed E-state index contributed by atoms with van der Waals surface area (Å²) in [6, 6.07) is 23.1. The van der Waals surface area contributed by atoms with Crippen LogP contribution in [0.1, 0.15) is 31.9 Å². The molecule has 3 aromatic rings. The van der Waals surface area contributed by atoms with Crippen LogP contribution in [0.15, 0.2) is 72.8 Å². The molecule has 34 heavy (non-hydrogen) atoms. The van der Waals surface area contributed by atoms with Crippen molar-refractivity contribution in [2.45, 2.75) is 45.4 Å². The Morgan fingerprint density at radius 1 is 0.882 bits per heavy atom. The second kappa shape index (κ2) is 11.1. The predicted molar refractivity (Wildman–Crippen MR) is 133 cm³/mol. The first-order valence-electron chi connectivity index (χ1n) is 11.4. The number of fused-ring (bicyclic) bond motifs is 1. The topological polar surface area (TPSA) is 75.7 Å². The second-order valence-corrected chi connectivity index (χ2v) is 9.42. The van der Waals surface area contributed by atoms with Gasteiger partial charge in [-0.2, -0.15) is 0 Å². The minimum absolute atomic E-state index is 0.158. The molecule has 1 amide bonds. The van der Waals surface area contributed by atoms with Gasteiger partial charge in [0.25, 0.3) is 5.78 Å². The number of Topliss-reactive ketones (excluding diaryl/α,β-unsaturated/α-hetero) is 1. The number of hydrogen-bond acceptors (Lipinski definition) is 5. The van der Waals surface area contributed by atoms with Crippen molar-refractivity contribution in [1.82, 2.24) is 10.2 Å². The fraction of sp³-hybridized carbons (Fsp3) is 0.321. The first kappa shape index (κ1) is 25.1. The molecular formula is C28H32N2O4. The monoisotopic (exact) mass is 460 g/mol. The summed E-state index contributed by atoms with van der Waals surface area (Å²) in [7, 11) is 1.74. The number of nitrogens with zero attached hydrogens (tertiary/aromatic N) is 1. The number of rotatable bonds is 9. The molecule has 3 rings (SSSR count). The lowest BCUT2D eigenvalue weighted by Crippen LogP contribution is -2.48. The summed E-state index contributed by atoms with van der Waals surface area (Å²) in [5.41, 5.74) is 1.21. The van der Waals surface area contributed by atoms with Gasteiger partial charge in [0.1, 0.15) is 5.60 Å². The molecule has 0 bridgehead atoms. The Balaban J connectivity index is 1.76. The number of ether oxygens (including phenoxy) is 1. The molecule has 0 fully saturated rings. The van der Waals surface area contributed by atoms with Crippen LogP contribution in [0.4, 0.5) is 0 Å². The van der Waals surface area contributed by atoms with Crippen LogP contribution >= 0.6 is 0 Å². The van der Waals surface area contributed by atoms with Gasteiger partial charge in [-0.05, 0) is 49.1 Å². The van der Waals surface area contributed by atoms with Crippen LogP contribution in [0.2, 0.25) is 0 Å². The second-order valence-electron chi connectivity index (χ2n) is 9.42. The third-order valence-electron chi connectivity index (χ3n) is 5.33. The van der Waals surface area contributed by atoms with Gasteiger partial charge in [0.05, 0.1) is 12.6 Å². The maximum absolute atomic E-state index is 13.4. The lowest BCUT2D eigenvalue weighted by molar-refractivity contribution is -0.162. The molecule has 0 saturated carbocycles. The molecule has 3 aromatic carbocycles. The molecule has 0 unspecified atom stereocenters. The lowest BCUT2D eigenvalue weighted by Gasteiger charge is -2.25. The maximum Gasteiger partial charge on any atom is 0.376 e. The minimum atomic E-state index is -0.908. The van der Waals surface area contributed by atoms with Crippen molar-refractivity contribution in [1.29, 1.82) is 0 Å². The number of carbonyl (C=O) groups excluding carboxylic acids is 3. The standard InChI is InChI=1S/C28H32N2O4/c1-28(2,3)34-27(33)25(31)18-29-24(26(32)30(4)19-20-10-6-5-7-11-20)17-21-14-15-22-12-8-9-13-23(22)16-21/h5-16,24,29H,17-19H2,1-4H3/t24-/m0/s1. The fourth-order valence-electron chi connectivity index (χ4n) is 3.67. The Labute approximate surface area is 200 Å². The quantitative estimate of drug-likeness (QED) is 0.387. The summed E-state index contributed by atoms with van der Waals surface area (Å²) in [6.45, 7) is 5.27. The van der Waals surface area contributed by atoms with E-state index in [0.717, 1.165) is 21.9 Å². The summed E-state index contributed by atoms with van der Waals surface area (Å²) in [5, 5.41) is 5.20. The van der Waals surface area contributed by atoms with Crippen molar-refractivity contribution < 1.29 is 19.1 Å². The van der Waals surface area contributed by atoms with E-state index in [1.807, 2.05) is 72.8 Å². The Bertz CT molecular complexity index is 1150. The summed E-state index contributed by atoms with van der Waals surface area (Å²) in [6.07, 6.45) is 0.379. The number of hydrogen-bond donors (Lipinski definition) is 1. The molecule has 6 nitrogen and oxygen atoms in total. The van der Waals surface area contributed by atoms with E-state index in [1.165, 1.54) is 0 Å². The molecular weight excluding hydrogens is 428 g/mol. The van der Waals surface area contributed by atoms with E-state index in [2.05, 4.69) is 5.32 Å². The Kier molecular flexibility index (Phi) is 8.18. The van der Waals surface area contributed by atoms with E-state index in [-0.39, 0.29) is 12.5 Å². The minimum Gasteiger partial charge on any atom is -0.454 e. The molecule has 0 saturated heterocycles. The first-order valence-corrected chi connectivity index (χ1v) is 11.4. The van der Waals surface area contributed by atoms with Gasteiger partial charge in [0, 0.05) is 13.6 Å². The highest BCUT2D eigenvalue weighted by molar-refractivity contribution is 6.34. The number of esters is 1. The summed E-state index contributed by atoms with van der Waals surface area (Å²) < 4.78 is 5.16. The van der Waals surface area contributed by atoms with Crippen LogP contribution in [0.3, 0.4) is 0 Å². The molecule has 0 aliphatic carbocycles. The highest BCUT2D eigenvalue weighted by Gasteiger charge is 2.27. The Hall–Kier alpha value is -3.51. The zero-order valence-corrected chi connectivity index (χ0v) is 20.2. The molecule has 0 spiro atoms. The van der Waals surface area contributed by atoms with Crippen LogP contribution in [-0.2, 0) is 32.1 Å². The zero-order valence-electron chi connectivity index (χ0n) is 20.2. The molecule has 0 aliphatic heterocycles. The van der Waals surface area contributed by atoms with Crippen LogP contribution in [0.5, 0.6) is 0 Å². The third-order valence-corrected chi connectivity index (χ3v) is 5.33. The normalized spacial score (nSPS) is 12.2. The first-order chi connectivity index (χ1) is 16.1. The van der Waals surface area contributed by atoms with E-state index in [4.69, 9.17) is 4.74 Å². The van der Waals surface area contributed by atoms with Gasteiger partial charge < -0.3 is 9.64 Å². The van der Waals surface area contributed by atoms with E-state index < -0.39 is 23.4 Å². The van der Waals surface area contributed by atoms with E-state index >= 15 is 0 Å². The van der Waals surface area contributed by atoms with Gasteiger partial charge in [0.2, 0.25) is 5.91 Å². The SMILES string of the molecule is CN(Cc1ccccc1)C(=O)[C@H](Cc1ccc2ccccc2c1)NCC(=O)C(=O)OC(C)(C)C. The third kappa shape index (κ3) is 7.25. The molecule has 0 aromatic heterocycles. The van der Waals surface area contributed by atoms with Crippen LogP contribution in [0, 0.1) is 0 Å². The van der Waals surface area contributed by atoms with E-state index in [0.29, 0.717) is 13.0 Å². The summed E-state index contributed by atoms with van der Waals surface area (Å²) in [5.74, 6) is -1.78. The lowest BCUT2D eigenvalue weighted by atomic mass is 10.0. The van der Waals surface area contributed by atoms with Gasteiger partial charge in [-0.25, -0.2) is 4.79 Å². The van der Waals surface area contributed by atoms with Crippen molar-refractivity contribution in [3.63, 3.8) is 0 Å². The Morgan fingerprint density at radius 2 is 1.53 bits per heavy atom. The van der Waals surface area contributed by atoms with Gasteiger partial charge in [0.15, 0.2) is 0 Å². The molecule has 0 heterocycles. The smallest absolute Gasteiger partial charge is 0.376 e. The van der Waals surface area contributed by atoms with E-state index in [9.17, 15) is 14.4 Å². The summed E-state index contributed by atoms with van der Waals surface area (Å²) in [4.78, 5) is 39.5. The molecule has 0 radical (unpaired) electrons. The number of likely N-dealkylation sites (N-methyl/N-ethyl adjacent to an activating group) is 1. The van der Waals surface area contributed by atoms with Gasteiger partial charge in [-0.3, -0.25) is 14.9 Å². The molecule has 6 heteroatoms. The molecule has 0 aliphatic rings. The van der Waals surface area contributed by atoms with Crippen molar-refractivity contribution >= 4 is 28.4 Å². The van der Waals surface area contributed by atoms with E-state index in [1.54, 1.807) is 32.7 Å². The van der Waals surface area contributed by atoms with Crippen LogP contribution in [0.25, 0.3) is 10.8 Å². The van der Waals surface area contributed by atoms with Crippen molar-refractivity contribution in [3.8, 4) is 0 Å². The van der Waals surface area contributed by atoms with Crippen molar-refractivity contribution in [3.05, 3.63) is 83.9 Å². The van der Waals surface area contributed by atoms with Crippen molar-refractivity contribution in [2.24, 2.45) is 0 Å². The van der Waals surface area contributed by atoms with Crippen LogP contribution in [-0.4, -0.2) is 47.8 Å². The zero-order chi connectivity index (χ0) is 24.7. The van der Waals surface area contributed by atoms with Gasteiger partial charge >= 0.3 is 5.97 Å².